The number of carbonyl (C=O) groups excluding carboxylic acids is 2. The highest BCUT2D eigenvalue weighted by molar-refractivity contribution is 5.70. The summed E-state index contributed by atoms with van der Waals surface area (Å²) in [6.07, 6.45) is 29.5. The van der Waals surface area contributed by atoms with E-state index in [4.69, 9.17) is 14.2 Å². The highest BCUT2D eigenvalue weighted by Crippen LogP contribution is 2.13. The molecule has 0 aromatic rings. The molecule has 1 atom stereocenters. The lowest BCUT2D eigenvalue weighted by atomic mass is 10.1. The van der Waals surface area contributed by atoms with Crippen molar-refractivity contribution in [2.45, 2.75) is 194 Å². The fourth-order valence-electron chi connectivity index (χ4n) is 4.98. The Morgan fingerprint density at radius 1 is 0.450 bits per heavy atom. The molecule has 0 radical (unpaired) electrons. The molecule has 0 aromatic heterocycles. The van der Waals surface area contributed by atoms with Crippen molar-refractivity contribution in [2.24, 2.45) is 0 Å². The van der Waals surface area contributed by atoms with Crippen LogP contribution in [0.15, 0.2) is 0 Å². The van der Waals surface area contributed by atoms with Crippen LogP contribution in [0, 0.1) is 0 Å². The number of hydrogen-bond donors (Lipinski definition) is 0. The van der Waals surface area contributed by atoms with Gasteiger partial charge in [0.05, 0.1) is 6.61 Å². The SMILES string of the molecule is CCCCCCCCCCCC(=O)OCC(COCCCCCCCCCC)OC(=O)CCCCCCCCC. The van der Waals surface area contributed by atoms with Crippen molar-refractivity contribution >= 4 is 11.9 Å². The largest absolute Gasteiger partial charge is 0.462 e. The van der Waals surface area contributed by atoms with E-state index in [1.165, 1.54) is 122 Å². The molecule has 0 amide bonds. The molecular formula is C35H68O5. The Hall–Kier alpha value is -1.10. The third-order valence-corrected chi connectivity index (χ3v) is 7.64. The van der Waals surface area contributed by atoms with Gasteiger partial charge in [-0.15, -0.1) is 0 Å². The fraction of sp³-hybridized carbons (Fsp3) is 0.943. The summed E-state index contributed by atoms with van der Waals surface area (Å²) in [5.74, 6) is -0.400. The smallest absolute Gasteiger partial charge is 0.306 e. The van der Waals surface area contributed by atoms with E-state index in [-0.39, 0.29) is 18.5 Å². The summed E-state index contributed by atoms with van der Waals surface area (Å²) >= 11 is 0. The van der Waals surface area contributed by atoms with E-state index in [0.29, 0.717) is 26.1 Å². The Balaban J connectivity index is 4.18. The van der Waals surface area contributed by atoms with Crippen molar-refractivity contribution in [2.75, 3.05) is 19.8 Å². The van der Waals surface area contributed by atoms with Crippen LogP contribution >= 0.6 is 0 Å². The summed E-state index contributed by atoms with van der Waals surface area (Å²) in [4.78, 5) is 24.8. The first-order valence-electron chi connectivity index (χ1n) is 17.6. The standard InChI is InChI=1S/C35H68O5/c1-4-7-10-13-16-18-20-22-25-28-34(36)39-32-33(31-38-30-27-24-21-17-14-11-8-5-2)40-35(37)29-26-23-19-15-12-9-6-3/h33H,4-32H2,1-3H3. The number of unbranched alkanes of at least 4 members (excludes halogenated alkanes) is 21. The minimum atomic E-state index is -0.516. The zero-order chi connectivity index (χ0) is 29.4. The average molecular weight is 569 g/mol. The van der Waals surface area contributed by atoms with Crippen LogP contribution in [0.2, 0.25) is 0 Å². The third kappa shape index (κ3) is 29.9. The fourth-order valence-corrected chi connectivity index (χ4v) is 4.98. The van der Waals surface area contributed by atoms with Crippen molar-refractivity contribution in [1.82, 2.24) is 0 Å². The molecule has 0 heterocycles. The van der Waals surface area contributed by atoms with Gasteiger partial charge < -0.3 is 14.2 Å². The number of esters is 2. The van der Waals surface area contributed by atoms with Gasteiger partial charge in [0.1, 0.15) is 6.61 Å². The van der Waals surface area contributed by atoms with Gasteiger partial charge in [-0.05, 0) is 19.3 Å². The molecular weight excluding hydrogens is 500 g/mol. The van der Waals surface area contributed by atoms with Crippen LogP contribution in [-0.4, -0.2) is 37.9 Å². The van der Waals surface area contributed by atoms with Gasteiger partial charge in [-0.3, -0.25) is 9.59 Å². The number of carbonyl (C=O) groups is 2. The van der Waals surface area contributed by atoms with Gasteiger partial charge in [-0.1, -0.05) is 156 Å². The van der Waals surface area contributed by atoms with Crippen molar-refractivity contribution in [3.05, 3.63) is 0 Å². The highest BCUT2D eigenvalue weighted by Gasteiger charge is 2.17. The van der Waals surface area contributed by atoms with Crippen LogP contribution in [0.25, 0.3) is 0 Å². The zero-order valence-electron chi connectivity index (χ0n) is 27.1. The molecule has 40 heavy (non-hydrogen) atoms. The van der Waals surface area contributed by atoms with Gasteiger partial charge >= 0.3 is 11.9 Å². The molecule has 0 bridgehead atoms. The predicted octanol–water partition coefficient (Wildman–Crippen LogP) is 10.7. The molecule has 238 valence electrons. The molecule has 0 saturated heterocycles. The Kier molecular flexibility index (Phi) is 31.5. The molecule has 0 saturated carbocycles. The van der Waals surface area contributed by atoms with Crippen LogP contribution in [0.4, 0.5) is 0 Å². The number of hydrogen-bond acceptors (Lipinski definition) is 5. The van der Waals surface area contributed by atoms with Crippen LogP contribution in [0.1, 0.15) is 188 Å². The predicted molar refractivity (Wildman–Crippen MR) is 169 cm³/mol. The minimum absolute atomic E-state index is 0.0937. The first kappa shape index (κ1) is 38.9. The Morgan fingerprint density at radius 2 is 0.825 bits per heavy atom. The van der Waals surface area contributed by atoms with E-state index in [0.717, 1.165) is 32.1 Å². The molecule has 5 heteroatoms. The molecule has 0 aliphatic carbocycles. The molecule has 0 N–H and O–H groups in total. The molecule has 0 rings (SSSR count). The quantitative estimate of drug-likeness (QED) is 0.0596. The zero-order valence-corrected chi connectivity index (χ0v) is 27.1. The average Bonchev–Trinajstić information content (AvgIpc) is 2.95. The van der Waals surface area contributed by atoms with E-state index in [1.807, 2.05) is 0 Å². The second kappa shape index (κ2) is 32.4. The van der Waals surface area contributed by atoms with Crippen LogP contribution < -0.4 is 0 Å². The van der Waals surface area contributed by atoms with Gasteiger partial charge in [0.2, 0.25) is 0 Å². The normalized spacial score (nSPS) is 12.0. The molecule has 0 aliphatic rings. The van der Waals surface area contributed by atoms with Gasteiger partial charge in [-0.2, -0.15) is 0 Å². The maximum absolute atomic E-state index is 12.5. The van der Waals surface area contributed by atoms with Crippen molar-refractivity contribution in [1.29, 1.82) is 0 Å². The van der Waals surface area contributed by atoms with E-state index >= 15 is 0 Å². The Morgan fingerprint density at radius 3 is 1.27 bits per heavy atom. The van der Waals surface area contributed by atoms with Crippen molar-refractivity contribution in [3.8, 4) is 0 Å². The van der Waals surface area contributed by atoms with E-state index in [2.05, 4.69) is 20.8 Å². The molecule has 5 nitrogen and oxygen atoms in total. The highest BCUT2D eigenvalue weighted by atomic mass is 16.6. The molecule has 0 aromatic carbocycles. The summed E-state index contributed by atoms with van der Waals surface area (Å²) in [6.45, 7) is 7.76. The van der Waals surface area contributed by atoms with Gasteiger partial charge in [-0.25, -0.2) is 0 Å². The summed E-state index contributed by atoms with van der Waals surface area (Å²) < 4.78 is 17.0. The van der Waals surface area contributed by atoms with E-state index in [9.17, 15) is 9.59 Å². The summed E-state index contributed by atoms with van der Waals surface area (Å²) in [6, 6.07) is 0. The maximum atomic E-state index is 12.5. The Labute approximate surface area is 249 Å². The van der Waals surface area contributed by atoms with Gasteiger partial charge in [0, 0.05) is 19.4 Å². The maximum Gasteiger partial charge on any atom is 0.306 e. The minimum Gasteiger partial charge on any atom is -0.462 e. The van der Waals surface area contributed by atoms with Crippen molar-refractivity contribution < 1.29 is 23.8 Å². The second-order valence-electron chi connectivity index (χ2n) is 11.8. The summed E-state index contributed by atoms with van der Waals surface area (Å²) in [5, 5.41) is 0. The monoisotopic (exact) mass is 569 g/mol. The summed E-state index contributed by atoms with van der Waals surface area (Å²) in [5.41, 5.74) is 0. The van der Waals surface area contributed by atoms with E-state index in [1.54, 1.807) is 0 Å². The molecule has 1 unspecified atom stereocenters. The first-order chi connectivity index (χ1) is 19.6. The number of ether oxygens (including phenoxy) is 3. The van der Waals surface area contributed by atoms with Crippen LogP contribution in [-0.2, 0) is 23.8 Å². The van der Waals surface area contributed by atoms with Gasteiger partial charge in [0.25, 0.3) is 0 Å². The second-order valence-corrected chi connectivity index (χ2v) is 11.8. The Bertz CT molecular complexity index is 536. The lowest BCUT2D eigenvalue weighted by Gasteiger charge is -2.18. The van der Waals surface area contributed by atoms with E-state index < -0.39 is 6.10 Å². The topological polar surface area (TPSA) is 61.8 Å². The molecule has 0 aliphatic heterocycles. The molecule has 0 fully saturated rings. The van der Waals surface area contributed by atoms with Crippen LogP contribution in [0.3, 0.4) is 0 Å². The third-order valence-electron chi connectivity index (χ3n) is 7.64. The van der Waals surface area contributed by atoms with Crippen LogP contribution in [0.5, 0.6) is 0 Å². The van der Waals surface area contributed by atoms with Crippen molar-refractivity contribution in [3.63, 3.8) is 0 Å². The summed E-state index contributed by atoms with van der Waals surface area (Å²) in [7, 11) is 0. The molecule has 0 spiro atoms. The first-order valence-corrected chi connectivity index (χ1v) is 17.6. The lowest BCUT2D eigenvalue weighted by Crippen LogP contribution is -2.30. The van der Waals surface area contributed by atoms with Gasteiger partial charge in [0.15, 0.2) is 6.10 Å². The lowest BCUT2D eigenvalue weighted by molar-refractivity contribution is -0.163. The number of rotatable bonds is 32.